The standard InChI is InChI=1S/C20H34O6/c1-2-3-4-5-6-7-10-16(22)19-14-17(23)18(26-19)13-12-15(21)9-8-11-20(24)25/h6-7,12-13,15-19,21-23H,2-5,8-11,14H2,1H3,(H,24,25)/b7-6-,13-12+/t15-,16+,17-,18-,19-/m0/s1. The second-order valence-electron chi connectivity index (χ2n) is 6.95. The number of carboxylic acids is 1. The van der Waals surface area contributed by atoms with E-state index >= 15 is 0 Å². The summed E-state index contributed by atoms with van der Waals surface area (Å²) in [6, 6.07) is 0. The summed E-state index contributed by atoms with van der Waals surface area (Å²) >= 11 is 0. The van der Waals surface area contributed by atoms with Crippen LogP contribution in [0.2, 0.25) is 0 Å². The van der Waals surface area contributed by atoms with Gasteiger partial charge in [0.15, 0.2) is 0 Å². The van der Waals surface area contributed by atoms with Crippen molar-refractivity contribution in [1.82, 2.24) is 0 Å². The second-order valence-corrected chi connectivity index (χ2v) is 6.95. The summed E-state index contributed by atoms with van der Waals surface area (Å²) in [7, 11) is 0. The lowest BCUT2D eigenvalue weighted by Gasteiger charge is -2.16. The van der Waals surface area contributed by atoms with Gasteiger partial charge in [0.25, 0.3) is 0 Å². The monoisotopic (exact) mass is 370 g/mol. The molecular formula is C20H34O6. The summed E-state index contributed by atoms with van der Waals surface area (Å²) in [6.07, 6.45) is 10.2. The first kappa shape index (κ1) is 22.8. The number of carboxylic acid groups (broad SMARTS) is 1. The van der Waals surface area contributed by atoms with Gasteiger partial charge in [-0.2, -0.15) is 0 Å². The summed E-state index contributed by atoms with van der Waals surface area (Å²) < 4.78 is 5.70. The van der Waals surface area contributed by atoms with Crippen LogP contribution in [0.3, 0.4) is 0 Å². The number of aliphatic hydroxyl groups excluding tert-OH is 3. The zero-order valence-electron chi connectivity index (χ0n) is 15.7. The predicted octanol–water partition coefficient (Wildman–Crippen LogP) is 2.56. The summed E-state index contributed by atoms with van der Waals surface area (Å²) in [5.74, 6) is -0.882. The van der Waals surface area contributed by atoms with Gasteiger partial charge in [0.2, 0.25) is 0 Å². The zero-order valence-corrected chi connectivity index (χ0v) is 15.7. The Labute approximate surface area is 156 Å². The molecule has 1 aliphatic heterocycles. The van der Waals surface area contributed by atoms with Crippen molar-refractivity contribution >= 4 is 5.97 Å². The number of allylic oxidation sites excluding steroid dienone is 1. The molecule has 0 bridgehead atoms. The Morgan fingerprint density at radius 1 is 1.23 bits per heavy atom. The molecule has 150 valence electrons. The molecule has 1 aliphatic rings. The first-order valence-electron chi connectivity index (χ1n) is 9.68. The lowest BCUT2D eigenvalue weighted by molar-refractivity contribution is -0.137. The number of hydrogen-bond acceptors (Lipinski definition) is 5. The van der Waals surface area contributed by atoms with Gasteiger partial charge < -0.3 is 25.2 Å². The summed E-state index contributed by atoms with van der Waals surface area (Å²) in [4.78, 5) is 10.5. The minimum absolute atomic E-state index is 0.0215. The van der Waals surface area contributed by atoms with E-state index < -0.39 is 36.5 Å². The van der Waals surface area contributed by atoms with Crippen LogP contribution in [0.1, 0.15) is 64.7 Å². The van der Waals surface area contributed by atoms with E-state index in [0.29, 0.717) is 25.7 Å². The summed E-state index contributed by atoms with van der Waals surface area (Å²) in [6.45, 7) is 2.16. The van der Waals surface area contributed by atoms with Gasteiger partial charge in [-0.3, -0.25) is 4.79 Å². The second kappa shape index (κ2) is 13.0. The molecule has 1 saturated heterocycles. The summed E-state index contributed by atoms with van der Waals surface area (Å²) in [5, 5.41) is 38.7. The van der Waals surface area contributed by atoms with Crippen LogP contribution in [0.5, 0.6) is 0 Å². The third kappa shape index (κ3) is 9.48. The molecule has 0 radical (unpaired) electrons. The number of unbranched alkanes of at least 4 members (excludes halogenated alkanes) is 3. The van der Waals surface area contributed by atoms with Crippen molar-refractivity contribution < 1.29 is 30.0 Å². The summed E-state index contributed by atoms with van der Waals surface area (Å²) in [5.41, 5.74) is 0. The third-order valence-corrected chi connectivity index (χ3v) is 4.55. The van der Waals surface area contributed by atoms with Crippen LogP contribution in [0.25, 0.3) is 0 Å². The molecule has 1 rings (SSSR count). The van der Waals surface area contributed by atoms with Crippen LogP contribution in [0.15, 0.2) is 24.3 Å². The minimum Gasteiger partial charge on any atom is -0.481 e. The van der Waals surface area contributed by atoms with E-state index in [1.54, 1.807) is 6.08 Å². The Morgan fingerprint density at radius 2 is 2.00 bits per heavy atom. The van der Waals surface area contributed by atoms with E-state index in [1.807, 2.05) is 6.08 Å². The first-order chi connectivity index (χ1) is 12.4. The van der Waals surface area contributed by atoms with E-state index in [9.17, 15) is 20.1 Å². The SMILES string of the molecule is CCCCC/C=C\C[C@@H](O)[C@@H]1C[C@H](O)[C@H](/C=C/[C@@H](O)CCCC(=O)O)O1. The number of aliphatic hydroxyl groups is 3. The van der Waals surface area contributed by atoms with E-state index in [-0.39, 0.29) is 6.42 Å². The number of ether oxygens (including phenoxy) is 1. The maximum absolute atomic E-state index is 10.5. The molecule has 26 heavy (non-hydrogen) atoms. The molecule has 1 fully saturated rings. The lowest BCUT2D eigenvalue weighted by atomic mass is 10.0. The average Bonchev–Trinajstić information content (AvgIpc) is 2.96. The van der Waals surface area contributed by atoms with Crippen molar-refractivity contribution in [1.29, 1.82) is 0 Å². The number of hydrogen-bond donors (Lipinski definition) is 4. The Balaban J connectivity index is 2.32. The van der Waals surface area contributed by atoms with E-state index in [4.69, 9.17) is 9.84 Å². The largest absolute Gasteiger partial charge is 0.481 e. The molecule has 0 saturated carbocycles. The Hall–Kier alpha value is -1.21. The molecule has 0 unspecified atom stereocenters. The van der Waals surface area contributed by atoms with Crippen LogP contribution in [0, 0.1) is 0 Å². The van der Waals surface area contributed by atoms with Gasteiger partial charge in [-0.25, -0.2) is 0 Å². The number of carbonyl (C=O) groups is 1. The van der Waals surface area contributed by atoms with Gasteiger partial charge in [-0.05, 0) is 32.1 Å². The minimum atomic E-state index is -0.882. The highest BCUT2D eigenvalue weighted by molar-refractivity contribution is 5.66. The average molecular weight is 370 g/mol. The van der Waals surface area contributed by atoms with Crippen molar-refractivity contribution in [2.24, 2.45) is 0 Å². The maximum Gasteiger partial charge on any atom is 0.303 e. The van der Waals surface area contributed by atoms with Gasteiger partial charge >= 0.3 is 5.97 Å². The molecule has 0 aliphatic carbocycles. The molecule has 0 aromatic rings. The van der Waals surface area contributed by atoms with Crippen LogP contribution in [-0.4, -0.2) is 56.9 Å². The molecule has 6 nitrogen and oxygen atoms in total. The number of aliphatic carboxylic acids is 1. The van der Waals surface area contributed by atoms with Crippen LogP contribution < -0.4 is 0 Å². The highest BCUT2D eigenvalue weighted by atomic mass is 16.5. The third-order valence-electron chi connectivity index (χ3n) is 4.55. The zero-order chi connectivity index (χ0) is 19.4. The van der Waals surface area contributed by atoms with Crippen LogP contribution in [-0.2, 0) is 9.53 Å². The Bertz CT molecular complexity index is 448. The number of rotatable bonds is 13. The molecular weight excluding hydrogens is 336 g/mol. The molecule has 0 spiro atoms. The predicted molar refractivity (Wildman–Crippen MR) is 99.8 cm³/mol. The van der Waals surface area contributed by atoms with Gasteiger partial charge in [-0.15, -0.1) is 0 Å². The van der Waals surface area contributed by atoms with Gasteiger partial charge in [-0.1, -0.05) is 44.1 Å². The molecule has 6 heteroatoms. The van der Waals surface area contributed by atoms with Crippen molar-refractivity contribution in [3.8, 4) is 0 Å². The van der Waals surface area contributed by atoms with Gasteiger partial charge in [0, 0.05) is 12.8 Å². The molecule has 0 aromatic carbocycles. The molecule has 4 N–H and O–H groups in total. The van der Waals surface area contributed by atoms with E-state index in [0.717, 1.165) is 12.8 Å². The topological polar surface area (TPSA) is 107 Å². The smallest absolute Gasteiger partial charge is 0.303 e. The first-order valence-corrected chi connectivity index (χ1v) is 9.68. The fourth-order valence-electron chi connectivity index (χ4n) is 2.96. The molecule has 0 amide bonds. The Kier molecular flexibility index (Phi) is 11.4. The molecule has 1 heterocycles. The van der Waals surface area contributed by atoms with Gasteiger partial charge in [0.1, 0.15) is 6.10 Å². The van der Waals surface area contributed by atoms with E-state index in [1.165, 1.54) is 18.9 Å². The van der Waals surface area contributed by atoms with Gasteiger partial charge in [0.05, 0.1) is 24.4 Å². The van der Waals surface area contributed by atoms with Crippen molar-refractivity contribution in [2.45, 2.75) is 95.2 Å². The van der Waals surface area contributed by atoms with E-state index in [2.05, 4.69) is 13.0 Å². The van der Waals surface area contributed by atoms with Crippen LogP contribution in [0.4, 0.5) is 0 Å². The van der Waals surface area contributed by atoms with Crippen LogP contribution >= 0.6 is 0 Å². The van der Waals surface area contributed by atoms with Crippen molar-refractivity contribution in [3.63, 3.8) is 0 Å². The highest BCUT2D eigenvalue weighted by Crippen LogP contribution is 2.25. The highest BCUT2D eigenvalue weighted by Gasteiger charge is 2.35. The molecule has 5 atom stereocenters. The lowest BCUT2D eigenvalue weighted by Crippen LogP contribution is -2.25. The van der Waals surface area contributed by atoms with Crippen molar-refractivity contribution in [2.75, 3.05) is 0 Å². The fourth-order valence-corrected chi connectivity index (χ4v) is 2.96. The van der Waals surface area contributed by atoms with Crippen molar-refractivity contribution in [3.05, 3.63) is 24.3 Å². The molecule has 0 aromatic heterocycles. The maximum atomic E-state index is 10.5. The fraction of sp³-hybridized carbons (Fsp3) is 0.750. The Morgan fingerprint density at radius 3 is 2.69 bits per heavy atom. The normalized spacial score (nSPS) is 25.9. The quantitative estimate of drug-likeness (QED) is 0.293.